The zero-order valence-electron chi connectivity index (χ0n) is 12.7. The van der Waals surface area contributed by atoms with E-state index in [0.29, 0.717) is 0 Å². The fourth-order valence-corrected chi connectivity index (χ4v) is 2.70. The lowest BCUT2D eigenvalue weighted by Gasteiger charge is -2.04. The molecule has 0 saturated carbocycles. The molecule has 0 aliphatic rings. The average molecular weight is 341 g/mol. The van der Waals surface area contributed by atoms with Crippen LogP contribution in [0.15, 0.2) is 30.3 Å². The maximum absolute atomic E-state index is 5.69. The van der Waals surface area contributed by atoms with Gasteiger partial charge in [0.15, 0.2) is 0 Å². The Morgan fingerprint density at radius 1 is 0.700 bits per heavy atom. The molecule has 0 heterocycles. The van der Waals surface area contributed by atoms with Crippen molar-refractivity contribution >= 4 is 15.9 Å². The lowest BCUT2D eigenvalue weighted by atomic mass is 10.1. The van der Waals surface area contributed by atoms with Gasteiger partial charge < -0.3 is 4.74 Å². The van der Waals surface area contributed by atoms with Gasteiger partial charge in [-0.1, -0.05) is 91.2 Å². The molecule has 1 aromatic rings. The highest BCUT2D eigenvalue weighted by atomic mass is 79.9. The Balaban J connectivity index is 1.77. The number of ether oxygens (including phenoxy) is 1. The van der Waals surface area contributed by atoms with E-state index >= 15 is 0 Å². The highest BCUT2D eigenvalue weighted by Crippen LogP contribution is 2.10. The van der Waals surface area contributed by atoms with Crippen LogP contribution in [0.25, 0.3) is 0 Å². The predicted molar refractivity (Wildman–Crippen MR) is 91.4 cm³/mol. The van der Waals surface area contributed by atoms with Crippen molar-refractivity contribution in [3.8, 4) is 0 Å². The summed E-state index contributed by atoms with van der Waals surface area (Å²) in [6.45, 7) is 1.66. The van der Waals surface area contributed by atoms with Gasteiger partial charge in [-0.15, -0.1) is 0 Å². The molecule has 0 fully saturated rings. The third kappa shape index (κ3) is 10.4. The first-order valence-corrected chi connectivity index (χ1v) is 9.23. The molecular weight excluding hydrogens is 312 g/mol. The first-order chi connectivity index (χ1) is 9.93. The number of hydrogen-bond acceptors (Lipinski definition) is 1. The summed E-state index contributed by atoms with van der Waals surface area (Å²) in [6.07, 6.45) is 12.2. The van der Waals surface area contributed by atoms with E-state index in [9.17, 15) is 0 Å². The predicted octanol–water partition coefficient (Wildman–Crippen LogP) is 6.11. The number of hydrogen-bond donors (Lipinski definition) is 0. The average Bonchev–Trinajstić information content (AvgIpc) is 2.49. The van der Waals surface area contributed by atoms with Gasteiger partial charge in [-0.05, 0) is 18.4 Å². The van der Waals surface area contributed by atoms with E-state index in [1.807, 2.05) is 6.07 Å². The van der Waals surface area contributed by atoms with Crippen LogP contribution in [0, 0.1) is 0 Å². The normalized spacial score (nSPS) is 10.8. The summed E-state index contributed by atoms with van der Waals surface area (Å²) in [5, 5.41) is 1.16. The zero-order valence-corrected chi connectivity index (χ0v) is 14.2. The lowest BCUT2D eigenvalue weighted by molar-refractivity contribution is 0.116. The fraction of sp³-hybridized carbons (Fsp3) is 0.667. The second kappa shape index (κ2) is 13.6. The number of halogens is 1. The van der Waals surface area contributed by atoms with E-state index in [-0.39, 0.29) is 0 Å². The summed E-state index contributed by atoms with van der Waals surface area (Å²) >= 11 is 3.48. The Labute approximate surface area is 133 Å². The van der Waals surface area contributed by atoms with Gasteiger partial charge in [0, 0.05) is 11.9 Å². The molecule has 0 aliphatic heterocycles. The molecule has 1 aromatic carbocycles. The van der Waals surface area contributed by atoms with Gasteiger partial charge in [0.2, 0.25) is 0 Å². The van der Waals surface area contributed by atoms with Crippen LogP contribution < -0.4 is 0 Å². The van der Waals surface area contributed by atoms with Gasteiger partial charge >= 0.3 is 0 Å². The molecule has 0 spiro atoms. The lowest BCUT2D eigenvalue weighted by Crippen LogP contribution is -1.95. The van der Waals surface area contributed by atoms with Gasteiger partial charge in [-0.25, -0.2) is 0 Å². The maximum atomic E-state index is 5.69. The van der Waals surface area contributed by atoms with E-state index in [1.54, 1.807) is 0 Å². The van der Waals surface area contributed by atoms with Crippen LogP contribution in [0.2, 0.25) is 0 Å². The maximum Gasteiger partial charge on any atom is 0.0716 e. The van der Waals surface area contributed by atoms with E-state index < -0.39 is 0 Å². The van der Waals surface area contributed by atoms with Gasteiger partial charge in [-0.2, -0.15) is 0 Å². The Morgan fingerprint density at radius 2 is 1.25 bits per heavy atom. The molecule has 0 amide bonds. The molecule has 2 heteroatoms. The first kappa shape index (κ1) is 17.7. The van der Waals surface area contributed by atoms with Crippen LogP contribution in [0.3, 0.4) is 0 Å². The standard InChI is InChI=1S/C18H29BrO/c19-15-11-6-4-2-1-3-5-7-12-16-20-17-18-13-9-8-10-14-18/h8-10,13-14H,1-7,11-12,15-17H2. The molecule has 0 bridgehead atoms. The molecule has 0 unspecified atom stereocenters. The quantitative estimate of drug-likeness (QED) is 0.311. The summed E-state index contributed by atoms with van der Waals surface area (Å²) < 4.78 is 5.69. The van der Waals surface area contributed by atoms with Crippen molar-refractivity contribution in [3.05, 3.63) is 35.9 Å². The van der Waals surface area contributed by atoms with Crippen molar-refractivity contribution in [2.24, 2.45) is 0 Å². The first-order valence-electron chi connectivity index (χ1n) is 8.11. The van der Waals surface area contributed by atoms with Crippen molar-refractivity contribution in [2.45, 2.75) is 64.4 Å². The topological polar surface area (TPSA) is 9.23 Å². The van der Waals surface area contributed by atoms with Crippen molar-refractivity contribution in [2.75, 3.05) is 11.9 Å². The van der Waals surface area contributed by atoms with Gasteiger partial charge in [0.1, 0.15) is 0 Å². The molecule has 20 heavy (non-hydrogen) atoms. The molecule has 0 N–H and O–H groups in total. The SMILES string of the molecule is BrCCCCCCCCCCCOCc1ccccc1. The van der Waals surface area contributed by atoms with Gasteiger partial charge in [0.05, 0.1) is 6.61 Å². The Bertz CT molecular complexity index is 300. The zero-order chi connectivity index (χ0) is 14.3. The smallest absolute Gasteiger partial charge is 0.0716 e. The highest BCUT2D eigenvalue weighted by molar-refractivity contribution is 9.09. The van der Waals surface area contributed by atoms with Crippen molar-refractivity contribution < 1.29 is 4.74 Å². The number of rotatable bonds is 13. The van der Waals surface area contributed by atoms with Crippen molar-refractivity contribution in [1.29, 1.82) is 0 Å². The van der Waals surface area contributed by atoms with Gasteiger partial charge in [0.25, 0.3) is 0 Å². The Kier molecular flexibility index (Phi) is 12.1. The van der Waals surface area contributed by atoms with Crippen molar-refractivity contribution in [3.63, 3.8) is 0 Å². The number of benzene rings is 1. The Morgan fingerprint density at radius 3 is 1.85 bits per heavy atom. The van der Waals surface area contributed by atoms with Crippen LogP contribution >= 0.6 is 15.9 Å². The number of unbranched alkanes of at least 4 members (excludes halogenated alkanes) is 8. The third-order valence-corrected chi connectivity index (χ3v) is 4.09. The summed E-state index contributed by atoms with van der Waals surface area (Å²) in [6, 6.07) is 10.4. The molecule has 1 nitrogen and oxygen atoms in total. The van der Waals surface area contributed by atoms with E-state index in [2.05, 4.69) is 40.2 Å². The largest absolute Gasteiger partial charge is 0.377 e. The summed E-state index contributed by atoms with van der Waals surface area (Å²) in [5.74, 6) is 0. The van der Waals surface area contributed by atoms with Crippen LogP contribution in [0.4, 0.5) is 0 Å². The molecular formula is C18H29BrO. The van der Waals surface area contributed by atoms with E-state index in [0.717, 1.165) is 18.5 Å². The van der Waals surface area contributed by atoms with Crippen LogP contribution in [-0.2, 0) is 11.3 Å². The second-order valence-corrected chi connectivity index (χ2v) is 6.20. The second-order valence-electron chi connectivity index (χ2n) is 5.41. The van der Waals surface area contributed by atoms with Crippen LogP contribution in [0.5, 0.6) is 0 Å². The fourth-order valence-electron chi connectivity index (χ4n) is 2.30. The number of alkyl halides is 1. The van der Waals surface area contributed by atoms with Crippen LogP contribution in [0.1, 0.15) is 63.4 Å². The summed E-state index contributed by atoms with van der Waals surface area (Å²) in [7, 11) is 0. The molecule has 1 rings (SSSR count). The monoisotopic (exact) mass is 340 g/mol. The van der Waals surface area contributed by atoms with E-state index in [1.165, 1.54) is 63.4 Å². The summed E-state index contributed by atoms with van der Waals surface area (Å²) in [4.78, 5) is 0. The van der Waals surface area contributed by atoms with E-state index in [4.69, 9.17) is 4.74 Å². The molecule has 0 saturated heterocycles. The van der Waals surface area contributed by atoms with Crippen molar-refractivity contribution in [1.82, 2.24) is 0 Å². The highest BCUT2D eigenvalue weighted by Gasteiger charge is 1.94. The molecule has 0 aliphatic carbocycles. The minimum atomic E-state index is 0.758. The molecule has 0 atom stereocenters. The third-order valence-electron chi connectivity index (χ3n) is 3.53. The molecule has 0 radical (unpaired) electrons. The minimum absolute atomic E-state index is 0.758. The summed E-state index contributed by atoms with van der Waals surface area (Å²) in [5.41, 5.74) is 1.27. The molecule has 114 valence electrons. The van der Waals surface area contributed by atoms with Crippen LogP contribution in [-0.4, -0.2) is 11.9 Å². The minimum Gasteiger partial charge on any atom is -0.377 e. The van der Waals surface area contributed by atoms with Gasteiger partial charge in [-0.3, -0.25) is 0 Å². The molecule has 0 aromatic heterocycles. The Hall–Kier alpha value is -0.340.